The van der Waals surface area contributed by atoms with Crippen LogP contribution in [0.4, 0.5) is 5.69 Å². The molecule has 0 atom stereocenters. The van der Waals surface area contributed by atoms with Crippen LogP contribution in [0.3, 0.4) is 0 Å². The molecule has 0 bridgehead atoms. The van der Waals surface area contributed by atoms with E-state index in [0.29, 0.717) is 6.54 Å². The number of ether oxygens (including phenoxy) is 2. The molecule has 18 heavy (non-hydrogen) atoms. The minimum absolute atomic E-state index is 0.716. The number of rotatable bonds is 5. The van der Waals surface area contributed by atoms with Crippen molar-refractivity contribution < 1.29 is 9.47 Å². The summed E-state index contributed by atoms with van der Waals surface area (Å²) in [5.74, 6) is 1.45. The van der Waals surface area contributed by atoms with Gasteiger partial charge in [-0.25, -0.2) is 4.98 Å². The highest BCUT2D eigenvalue weighted by molar-refractivity contribution is 7.09. The Kier molecular flexibility index (Phi) is 4.04. The van der Waals surface area contributed by atoms with Gasteiger partial charge in [0.05, 0.1) is 20.8 Å². The van der Waals surface area contributed by atoms with Crippen LogP contribution in [0, 0.1) is 6.92 Å². The van der Waals surface area contributed by atoms with Gasteiger partial charge in [0, 0.05) is 22.8 Å². The van der Waals surface area contributed by atoms with Gasteiger partial charge < -0.3 is 14.8 Å². The molecule has 0 aliphatic heterocycles. The SMILES string of the molecule is COc1ccc(NCc2nc(C)cs2)cc1OC. The number of aromatic nitrogens is 1. The first kappa shape index (κ1) is 12.7. The van der Waals surface area contributed by atoms with Gasteiger partial charge in [-0.2, -0.15) is 0 Å². The molecule has 2 rings (SSSR count). The molecule has 0 saturated heterocycles. The molecule has 0 saturated carbocycles. The fraction of sp³-hybridized carbons (Fsp3) is 0.308. The van der Waals surface area contributed by atoms with E-state index in [-0.39, 0.29) is 0 Å². The number of nitrogens with one attached hydrogen (secondary N) is 1. The molecule has 96 valence electrons. The molecule has 0 aliphatic carbocycles. The van der Waals surface area contributed by atoms with Crippen molar-refractivity contribution in [2.24, 2.45) is 0 Å². The average molecular weight is 264 g/mol. The maximum atomic E-state index is 5.26. The molecule has 5 heteroatoms. The fourth-order valence-electron chi connectivity index (χ4n) is 1.61. The maximum Gasteiger partial charge on any atom is 0.162 e. The second-order valence-corrected chi connectivity index (χ2v) is 4.75. The molecule has 0 fully saturated rings. The van der Waals surface area contributed by atoms with E-state index in [0.717, 1.165) is 27.9 Å². The Bertz CT molecular complexity index is 525. The van der Waals surface area contributed by atoms with Crippen molar-refractivity contribution in [2.45, 2.75) is 13.5 Å². The molecule has 1 aromatic heterocycles. The third-order valence-corrected chi connectivity index (χ3v) is 3.46. The smallest absolute Gasteiger partial charge is 0.162 e. The lowest BCUT2D eigenvalue weighted by molar-refractivity contribution is 0.355. The number of hydrogen-bond donors (Lipinski definition) is 1. The van der Waals surface area contributed by atoms with E-state index >= 15 is 0 Å². The number of anilines is 1. The lowest BCUT2D eigenvalue weighted by Gasteiger charge is -2.10. The topological polar surface area (TPSA) is 43.4 Å². The van der Waals surface area contributed by atoms with Gasteiger partial charge in [0.25, 0.3) is 0 Å². The second-order valence-electron chi connectivity index (χ2n) is 3.81. The van der Waals surface area contributed by atoms with Crippen molar-refractivity contribution in [2.75, 3.05) is 19.5 Å². The monoisotopic (exact) mass is 264 g/mol. The maximum absolute atomic E-state index is 5.26. The third-order valence-electron chi connectivity index (χ3n) is 2.49. The molecule has 1 heterocycles. The predicted octanol–water partition coefficient (Wildman–Crippen LogP) is 3.08. The first-order valence-corrected chi connectivity index (χ1v) is 6.48. The first-order valence-electron chi connectivity index (χ1n) is 5.60. The van der Waals surface area contributed by atoms with E-state index in [2.05, 4.69) is 10.3 Å². The zero-order valence-corrected chi connectivity index (χ0v) is 11.5. The van der Waals surface area contributed by atoms with Crippen LogP contribution >= 0.6 is 11.3 Å². The molecule has 0 radical (unpaired) electrons. The van der Waals surface area contributed by atoms with Gasteiger partial charge in [0.1, 0.15) is 5.01 Å². The quantitative estimate of drug-likeness (QED) is 0.901. The molecule has 0 amide bonds. The van der Waals surface area contributed by atoms with Crippen molar-refractivity contribution in [1.29, 1.82) is 0 Å². The molecule has 1 aromatic carbocycles. The van der Waals surface area contributed by atoms with Crippen LogP contribution in [-0.4, -0.2) is 19.2 Å². The Labute approximate surface area is 111 Å². The Balaban J connectivity index is 2.05. The van der Waals surface area contributed by atoms with Crippen LogP contribution in [0.15, 0.2) is 23.6 Å². The van der Waals surface area contributed by atoms with Gasteiger partial charge in [-0.15, -0.1) is 11.3 Å². The first-order chi connectivity index (χ1) is 8.72. The number of benzene rings is 1. The zero-order chi connectivity index (χ0) is 13.0. The summed E-state index contributed by atoms with van der Waals surface area (Å²) in [5.41, 5.74) is 2.05. The third kappa shape index (κ3) is 2.92. The summed E-state index contributed by atoms with van der Waals surface area (Å²) in [6.45, 7) is 2.71. The van der Waals surface area contributed by atoms with Crippen molar-refractivity contribution in [1.82, 2.24) is 4.98 Å². The summed E-state index contributed by atoms with van der Waals surface area (Å²) < 4.78 is 10.4. The lowest BCUT2D eigenvalue weighted by atomic mass is 10.2. The molecular weight excluding hydrogens is 248 g/mol. The summed E-state index contributed by atoms with van der Waals surface area (Å²) >= 11 is 1.66. The predicted molar refractivity (Wildman–Crippen MR) is 73.7 cm³/mol. The van der Waals surface area contributed by atoms with Gasteiger partial charge in [-0.3, -0.25) is 0 Å². The van der Waals surface area contributed by atoms with E-state index in [1.54, 1.807) is 25.6 Å². The molecule has 0 spiro atoms. The van der Waals surface area contributed by atoms with Crippen molar-refractivity contribution >= 4 is 17.0 Å². The molecule has 0 aliphatic rings. The number of hydrogen-bond acceptors (Lipinski definition) is 5. The summed E-state index contributed by atoms with van der Waals surface area (Å²) in [6, 6.07) is 5.76. The van der Waals surface area contributed by atoms with Gasteiger partial charge in [0.2, 0.25) is 0 Å². The Morgan fingerprint density at radius 2 is 2.00 bits per heavy atom. The minimum atomic E-state index is 0.716. The number of thiazole rings is 1. The minimum Gasteiger partial charge on any atom is -0.493 e. The van der Waals surface area contributed by atoms with E-state index in [1.807, 2.05) is 30.5 Å². The molecular formula is C13H16N2O2S. The van der Waals surface area contributed by atoms with E-state index in [1.165, 1.54) is 0 Å². The Hall–Kier alpha value is -1.75. The molecule has 4 nitrogen and oxygen atoms in total. The highest BCUT2D eigenvalue weighted by Gasteiger charge is 2.05. The van der Waals surface area contributed by atoms with E-state index in [9.17, 15) is 0 Å². The Morgan fingerprint density at radius 1 is 1.22 bits per heavy atom. The van der Waals surface area contributed by atoms with E-state index < -0.39 is 0 Å². The number of aryl methyl sites for hydroxylation is 1. The van der Waals surface area contributed by atoms with Gasteiger partial charge in [-0.1, -0.05) is 0 Å². The highest BCUT2D eigenvalue weighted by atomic mass is 32.1. The second kappa shape index (κ2) is 5.73. The van der Waals surface area contributed by atoms with Crippen molar-refractivity contribution in [3.05, 3.63) is 34.3 Å². The largest absolute Gasteiger partial charge is 0.493 e. The summed E-state index contributed by atoms with van der Waals surface area (Å²) in [7, 11) is 3.26. The van der Waals surface area contributed by atoms with Gasteiger partial charge in [-0.05, 0) is 19.1 Å². The standard InChI is InChI=1S/C13H16N2O2S/c1-9-8-18-13(15-9)7-14-10-4-5-11(16-2)12(6-10)17-3/h4-6,8,14H,7H2,1-3H3. The van der Waals surface area contributed by atoms with Crippen LogP contribution in [0.2, 0.25) is 0 Å². The number of nitrogens with zero attached hydrogens (tertiary/aromatic N) is 1. The Morgan fingerprint density at radius 3 is 2.61 bits per heavy atom. The number of methoxy groups -OCH3 is 2. The van der Waals surface area contributed by atoms with Crippen molar-refractivity contribution in [3.63, 3.8) is 0 Å². The summed E-state index contributed by atoms with van der Waals surface area (Å²) in [4.78, 5) is 4.40. The van der Waals surface area contributed by atoms with Crippen LogP contribution in [-0.2, 0) is 6.54 Å². The molecule has 1 N–H and O–H groups in total. The zero-order valence-electron chi connectivity index (χ0n) is 10.7. The van der Waals surface area contributed by atoms with Crippen LogP contribution in [0.25, 0.3) is 0 Å². The van der Waals surface area contributed by atoms with Crippen LogP contribution in [0.1, 0.15) is 10.7 Å². The highest BCUT2D eigenvalue weighted by Crippen LogP contribution is 2.29. The average Bonchev–Trinajstić information content (AvgIpc) is 2.81. The summed E-state index contributed by atoms with van der Waals surface area (Å²) in [5, 5.41) is 6.43. The van der Waals surface area contributed by atoms with Crippen molar-refractivity contribution in [3.8, 4) is 11.5 Å². The van der Waals surface area contributed by atoms with Gasteiger partial charge in [0.15, 0.2) is 11.5 Å². The van der Waals surface area contributed by atoms with Crippen LogP contribution < -0.4 is 14.8 Å². The lowest BCUT2D eigenvalue weighted by Crippen LogP contribution is -2.00. The van der Waals surface area contributed by atoms with Crippen LogP contribution in [0.5, 0.6) is 11.5 Å². The normalized spacial score (nSPS) is 10.2. The fourth-order valence-corrected chi connectivity index (χ4v) is 2.32. The molecule has 2 aromatic rings. The van der Waals surface area contributed by atoms with Gasteiger partial charge >= 0.3 is 0 Å². The summed E-state index contributed by atoms with van der Waals surface area (Å²) in [6.07, 6.45) is 0. The van der Waals surface area contributed by atoms with E-state index in [4.69, 9.17) is 9.47 Å². The molecule has 0 unspecified atom stereocenters.